The zero-order valence-electron chi connectivity index (χ0n) is 10.9. The summed E-state index contributed by atoms with van der Waals surface area (Å²) in [5.41, 5.74) is 6.77. The summed E-state index contributed by atoms with van der Waals surface area (Å²) in [4.78, 5) is 0. The highest BCUT2D eigenvalue weighted by atomic mass is 16.4. The first kappa shape index (κ1) is 11.0. The molecule has 1 heterocycles. The Hall–Kier alpha value is -0.900. The van der Waals surface area contributed by atoms with Crippen molar-refractivity contribution in [2.45, 2.75) is 51.5 Å². The van der Waals surface area contributed by atoms with Gasteiger partial charge in [-0.2, -0.15) is 0 Å². The molecule has 4 nitrogen and oxygen atoms in total. The van der Waals surface area contributed by atoms with Crippen molar-refractivity contribution in [1.29, 1.82) is 0 Å². The first-order chi connectivity index (χ1) is 8.64. The SMILES string of the molecule is Cc1nnc(C(N)C23CC4CC(CC(C4)C2)C3)o1. The molecule has 4 saturated carbocycles. The van der Waals surface area contributed by atoms with Gasteiger partial charge >= 0.3 is 0 Å². The molecule has 0 spiro atoms. The van der Waals surface area contributed by atoms with Crippen LogP contribution in [0.3, 0.4) is 0 Å². The fraction of sp³-hybridized carbons (Fsp3) is 0.857. The van der Waals surface area contributed by atoms with Crippen LogP contribution in [0.5, 0.6) is 0 Å². The largest absolute Gasteiger partial charge is 0.424 e. The Bertz CT molecular complexity index is 432. The van der Waals surface area contributed by atoms with Gasteiger partial charge in [-0.05, 0) is 61.7 Å². The lowest BCUT2D eigenvalue weighted by atomic mass is 9.48. The fourth-order valence-corrected chi connectivity index (χ4v) is 5.26. The summed E-state index contributed by atoms with van der Waals surface area (Å²) in [6, 6.07) is -0.0490. The Labute approximate surface area is 107 Å². The van der Waals surface area contributed by atoms with Gasteiger partial charge in [0.15, 0.2) is 0 Å². The van der Waals surface area contributed by atoms with E-state index in [1.807, 2.05) is 6.92 Å². The first-order valence-electron chi connectivity index (χ1n) is 7.20. The number of nitrogens with two attached hydrogens (primary N) is 1. The van der Waals surface area contributed by atoms with Gasteiger partial charge in [-0.15, -0.1) is 10.2 Å². The fourth-order valence-electron chi connectivity index (χ4n) is 5.26. The van der Waals surface area contributed by atoms with Gasteiger partial charge in [0.05, 0.1) is 6.04 Å². The Morgan fingerprint density at radius 1 is 1.11 bits per heavy atom. The third kappa shape index (κ3) is 1.48. The van der Waals surface area contributed by atoms with E-state index in [-0.39, 0.29) is 11.5 Å². The zero-order valence-corrected chi connectivity index (χ0v) is 10.9. The Balaban J connectivity index is 1.67. The second kappa shape index (κ2) is 3.56. The predicted molar refractivity (Wildman–Crippen MR) is 66.6 cm³/mol. The average molecular weight is 247 g/mol. The van der Waals surface area contributed by atoms with Crippen molar-refractivity contribution in [2.24, 2.45) is 28.9 Å². The van der Waals surface area contributed by atoms with E-state index >= 15 is 0 Å². The van der Waals surface area contributed by atoms with Gasteiger partial charge in [-0.1, -0.05) is 0 Å². The maximum absolute atomic E-state index is 6.51. The summed E-state index contributed by atoms with van der Waals surface area (Å²) in [5.74, 6) is 4.02. The van der Waals surface area contributed by atoms with Crippen molar-refractivity contribution < 1.29 is 4.42 Å². The van der Waals surface area contributed by atoms with E-state index in [2.05, 4.69) is 10.2 Å². The molecular weight excluding hydrogens is 226 g/mol. The van der Waals surface area contributed by atoms with Crippen LogP contribution in [-0.2, 0) is 0 Å². The van der Waals surface area contributed by atoms with Crippen molar-refractivity contribution in [3.05, 3.63) is 11.8 Å². The Kier molecular flexibility index (Phi) is 2.17. The van der Waals surface area contributed by atoms with Crippen LogP contribution in [0.15, 0.2) is 4.42 Å². The summed E-state index contributed by atoms with van der Waals surface area (Å²) in [7, 11) is 0. The molecule has 0 saturated heterocycles. The van der Waals surface area contributed by atoms with Crippen molar-refractivity contribution in [3.63, 3.8) is 0 Å². The van der Waals surface area contributed by atoms with Gasteiger partial charge in [0.1, 0.15) is 0 Å². The molecule has 4 aliphatic carbocycles. The van der Waals surface area contributed by atoms with E-state index in [1.165, 1.54) is 38.5 Å². The van der Waals surface area contributed by atoms with E-state index < -0.39 is 0 Å². The van der Waals surface area contributed by atoms with Crippen molar-refractivity contribution in [1.82, 2.24) is 10.2 Å². The predicted octanol–water partition coefficient (Wildman–Crippen LogP) is 2.59. The number of nitrogens with zero attached hydrogens (tertiary/aromatic N) is 2. The molecule has 18 heavy (non-hydrogen) atoms. The normalized spacial score (nSPS) is 43.3. The molecule has 1 atom stereocenters. The topological polar surface area (TPSA) is 64.9 Å². The second-order valence-corrected chi connectivity index (χ2v) is 6.92. The van der Waals surface area contributed by atoms with Gasteiger partial charge in [-0.3, -0.25) is 0 Å². The smallest absolute Gasteiger partial charge is 0.233 e. The summed E-state index contributed by atoms with van der Waals surface area (Å²) in [5, 5.41) is 8.10. The second-order valence-electron chi connectivity index (χ2n) is 6.92. The highest BCUT2D eigenvalue weighted by Crippen LogP contribution is 2.63. The molecule has 1 unspecified atom stereocenters. The number of aromatic nitrogens is 2. The summed E-state index contributed by atoms with van der Waals surface area (Å²) >= 11 is 0. The molecule has 2 N–H and O–H groups in total. The van der Waals surface area contributed by atoms with Crippen LogP contribution in [0.1, 0.15) is 56.3 Å². The minimum atomic E-state index is -0.0490. The third-order valence-corrected chi connectivity index (χ3v) is 5.55. The van der Waals surface area contributed by atoms with Crippen LogP contribution in [0, 0.1) is 30.1 Å². The molecule has 1 aromatic rings. The molecule has 1 aromatic heterocycles. The molecule has 0 amide bonds. The van der Waals surface area contributed by atoms with Crippen molar-refractivity contribution in [3.8, 4) is 0 Å². The monoisotopic (exact) mass is 247 g/mol. The lowest BCUT2D eigenvalue weighted by Gasteiger charge is -2.58. The molecular formula is C14H21N3O. The van der Waals surface area contributed by atoms with Crippen LogP contribution in [0.25, 0.3) is 0 Å². The molecule has 0 aromatic carbocycles. The molecule has 4 bridgehead atoms. The standard InChI is InChI=1S/C14H21N3O/c1-8-16-17-13(18-8)12(15)14-5-9-2-10(6-14)4-11(3-9)7-14/h9-12H,2-7,15H2,1H3. The maximum atomic E-state index is 6.51. The molecule has 5 rings (SSSR count). The van der Waals surface area contributed by atoms with Crippen molar-refractivity contribution in [2.75, 3.05) is 0 Å². The number of rotatable bonds is 2. The van der Waals surface area contributed by atoms with Crippen LogP contribution < -0.4 is 5.73 Å². The van der Waals surface area contributed by atoms with E-state index in [1.54, 1.807) is 0 Å². The van der Waals surface area contributed by atoms with E-state index in [9.17, 15) is 0 Å². The highest BCUT2D eigenvalue weighted by Gasteiger charge is 2.54. The van der Waals surface area contributed by atoms with Crippen LogP contribution in [0.2, 0.25) is 0 Å². The van der Waals surface area contributed by atoms with Gasteiger partial charge in [0, 0.05) is 6.92 Å². The third-order valence-electron chi connectivity index (χ3n) is 5.55. The van der Waals surface area contributed by atoms with Crippen LogP contribution in [-0.4, -0.2) is 10.2 Å². The molecule has 4 aliphatic rings. The number of hydrogen-bond donors (Lipinski definition) is 1. The summed E-state index contributed by atoms with van der Waals surface area (Å²) in [6.07, 6.45) is 8.16. The Morgan fingerprint density at radius 2 is 1.67 bits per heavy atom. The Morgan fingerprint density at radius 3 is 2.11 bits per heavy atom. The lowest BCUT2D eigenvalue weighted by Crippen LogP contribution is -2.50. The molecule has 0 aliphatic heterocycles. The van der Waals surface area contributed by atoms with E-state index in [0.29, 0.717) is 11.8 Å². The van der Waals surface area contributed by atoms with Crippen molar-refractivity contribution >= 4 is 0 Å². The van der Waals surface area contributed by atoms with E-state index in [4.69, 9.17) is 10.2 Å². The van der Waals surface area contributed by atoms with Gasteiger partial charge in [0.25, 0.3) is 0 Å². The quantitative estimate of drug-likeness (QED) is 0.872. The van der Waals surface area contributed by atoms with E-state index in [0.717, 1.165) is 17.8 Å². The summed E-state index contributed by atoms with van der Waals surface area (Å²) < 4.78 is 5.59. The first-order valence-corrected chi connectivity index (χ1v) is 7.20. The lowest BCUT2D eigenvalue weighted by molar-refractivity contribution is -0.0719. The number of hydrogen-bond acceptors (Lipinski definition) is 4. The minimum Gasteiger partial charge on any atom is -0.424 e. The molecule has 98 valence electrons. The highest BCUT2D eigenvalue weighted by molar-refractivity contribution is 5.09. The molecule has 0 radical (unpaired) electrons. The van der Waals surface area contributed by atoms with Crippen LogP contribution in [0.4, 0.5) is 0 Å². The summed E-state index contributed by atoms with van der Waals surface area (Å²) in [6.45, 7) is 1.84. The van der Waals surface area contributed by atoms with Gasteiger partial charge < -0.3 is 10.2 Å². The number of aryl methyl sites for hydroxylation is 1. The van der Waals surface area contributed by atoms with Gasteiger partial charge in [-0.25, -0.2) is 0 Å². The zero-order chi connectivity index (χ0) is 12.3. The van der Waals surface area contributed by atoms with Crippen LogP contribution >= 0.6 is 0 Å². The maximum Gasteiger partial charge on any atom is 0.233 e. The minimum absolute atomic E-state index is 0.0490. The molecule has 4 heteroatoms. The molecule has 4 fully saturated rings. The van der Waals surface area contributed by atoms with Gasteiger partial charge in [0.2, 0.25) is 11.8 Å². The average Bonchev–Trinajstić information content (AvgIpc) is 2.73.